The van der Waals surface area contributed by atoms with E-state index in [0.29, 0.717) is 5.69 Å². The van der Waals surface area contributed by atoms with Gasteiger partial charge < -0.3 is 4.74 Å². The molecule has 0 unspecified atom stereocenters. The molecule has 2 N–H and O–H groups in total. The summed E-state index contributed by atoms with van der Waals surface area (Å²) in [6.07, 6.45) is -0.458. The predicted molar refractivity (Wildman–Crippen MR) is 78.7 cm³/mol. The summed E-state index contributed by atoms with van der Waals surface area (Å²) in [5, 5.41) is 10.7. The van der Waals surface area contributed by atoms with E-state index in [2.05, 4.69) is 38.1 Å². The van der Waals surface area contributed by atoms with Gasteiger partial charge in [0.25, 0.3) is 0 Å². The Hall–Kier alpha value is -1.31. The summed E-state index contributed by atoms with van der Waals surface area (Å²) in [5.74, 6) is 0. The quantitative estimate of drug-likeness (QED) is 0.766. The number of hydrogen-bond acceptors (Lipinski definition) is 3. The Morgan fingerprint density at radius 2 is 2.17 bits per heavy atom. The van der Waals surface area contributed by atoms with E-state index in [1.165, 1.54) is 0 Å². The molecule has 0 aliphatic heterocycles. The first-order valence-corrected chi connectivity index (χ1v) is 6.57. The molecule has 0 radical (unpaired) electrons. The first-order chi connectivity index (χ1) is 8.35. The van der Waals surface area contributed by atoms with Crippen LogP contribution in [0.2, 0.25) is 0 Å². The van der Waals surface area contributed by atoms with E-state index in [-0.39, 0.29) is 0 Å². The lowest BCUT2D eigenvalue weighted by molar-refractivity contribution is 0.0636. The van der Waals surface area contributed by atoms with Crippen molar-refractivity contribution in [3.05, 3.63) is 21.9 Å². The molecule has 0 saturated heterocycles. The smallest absolute Gasteiger partial charge is 0.412 e. The van der Waals surface area contributed by atoms with Crippen LogP contribution in [-0.4, -0.2) is 21.9 Å². The molecule has 1 aromatic heterocycles. The first kappa shape index (κ1) is 13.1. The van der Waals surface area contributed by atoms with E-state index in [1.54, 1.807) is 6.07 Å². The SMILES string of the molecule is CC(C)(C)OC(=O)Nc1ccc2[nH]nc(I)c2c1. The van der Waals surface area contributed by atoms with Crippen molar-refractivity contribution in [1.29, 1.82) is 0 Å². The standard InChI is InChI=1S/C12H14IN3O2/c1-12(2,3)18-11(17)14-7-4-5-9-8(6-7)10(13)16-15-9/h4-6H,1-3H3,(H,14,17)(H,15,16). The molecule has 0 saturated carbocycles. The molecule has 6 heteroatoms. The molecule has 0 aliphatic rings. The number of rotatable bonds is 1. The molecule has 5 nitrogen and oxygen atoms in total. The Morgan fingerprint density at radius 3 is 2.83 bits per heavy atom. The fourth-order valence-corrected chi connectivity index (χ4v) is 2.05. The van der Waals surface area contributed by atoms with Crippen molar-refractivity contribution in [2.24, 2.45) is 0 Å². The molecular formula is C12H14IN3O2. The summed E-state index contributed by atoms with van der Waals surface area (Å²) in [5.41, 5.74) is 1.13. The number of amides is 1. The maximum Gasteiger partial charge on any atom is 0.412 e. The summed E-state index contributed by atoms with van der Waals surface area (Å²) in [4.78, 5) is 11.6. The minimum atomic E-state index is -0.502. The molecule has 0 aliphatic carbocycles. The van der Waals surface area contributed by atoms with Gasteiger partial charge in [-0.05, 0) is 61.6 Å². The number of aromatic nitrogens is 2. The Morgan fingerprint density at radius 1 is 1.44 bits per heavy atom. The van der Waals surface area contributed by atoms with Crippen molar-refractivity contribution in [3.8, 4) is 0 Å². The number of benzene rings is 1. The van der Waals surface area contributed by atoms with Gasteiger partial charge in [0.15, 0.2) is 0 Å². The lowest BCUT2D eigenvalue weighted by Gasteiger charge is -2.19. The molecule has 2 rings (SSSR count). The number of aromatic amines is 1. The van der Waals surface area contributed by atoms with E-state index in [4.69, 9.17) is 4.74 Å². The van der Waals surface area contributed by atoms with Gasteiger partial charge in [0, 0.05) is 11.1 Å². The van der Waals surface area contributed by atoms with Gasteiger partial charge in [-0.1, -0.05) is 0 Å². The fraction of sp³-hybridized carbons (Fsp3) is 0.333. The molecule has 1 aromatic carbocycles. The second-order valence-corrected chi connectivity index (χ2v) is 5.92. The second-order valence-electron chi connectivity index (χ2n) is 4.90. The van der Waals surface area contributed by atoms with Crippen molar-refractivity contribution in [1.82, 2.24) is 10.2 Å². The van der Waals surface area contributed by atoms with Crippen LogP contribution in [0.15, 0.2) is 18.2 Å². The van der Waals surface area contributed by atoms with Crippen LogP contribution < -0.4 is 5.32 Å². The van der Waals surface area contributed by atoms with Crippen LogP contribution in [0.3, 0.4) is 0 Å². The lowest BCUT2D eigenvalue weighted by Crippen LogP contribution is -2.27. The van der Waals surface area contributed by atoms with Gasteiger partial charge in [-0.3, -0.25) is 10.4 Å². The highest BCUT2D eigenvalue weighted by atomic mass is 127. The molecular weight excluding hydrogens is 345 g/mol. The van der Waals surface area contributed by atoms with Crippen LogP contribution in [0.1, 0.15) is 20.8 Å². The molecule has 1 amide bonds. The van der Waals surface area contributed by atoms with Crippen LogP contribution in [0.25, 0.3) is 10.9 Å². The van der Waals surface area contributed by atoms with Crippen molar-refractivity contribution in [3.63, 3.8) is 0 Å². The molecule has 18 heavy (non-hydrogen) atoms. The van der Waals surface area contributed by atoms with Gasteiger partial charge in [0.2, 0.25) is 0 Å². The van der Waals surface area contributed by atoms with Gasteiger partial charge in [0.1, 0.15) is 9.30 Å². The van der Waals surface area contributed by atoms with E-state index in [9.17, 15) is 4.79 Å². The number of H-pyrrole nitrogens is 1. The van der Waals surface area contributed by atoms with Crippen LogP contribution in [0, 0.1) is 3.70 Å². The average molecular weight is 359 g/mol. The van der Waals surface area contributed by atoms with E-state index >= 15 is 0 Å². The summed E-state index contributed by atoms with van der Waals surface area (Å²) in [6.45, 7) is 5.48. The van der Waals surface area contributed by atoms with Gasteiger partial charge in [-0.25, -0.2) is 4.79 Å². The minimum Gasteiger partial charge on any atom is -0.444 e. The zero-order valence-corrected chi connectivity index (χ0v) is 12.5. The molecule has 2 aromatic rings. The summed E-state index contributed by atoms with van der Waals surface area (Å²) < 4.78 is 6.06. The third-order valence-electron chi connectivity index (χ3n) is 2.16. The number of hydrogen-bond donors (Lipinski definition) is 2. The number of carbonyl (C=O) groups excluding carboxylic acids is 1. The van der Waals surface area contributed by atoms with E-state index < -0.39 is 11.7 Å². The Bertz CT molecular complexity index is 587. The summed E-state index contributed by atoms with van der Waals surface area (Å²) in [7, 11) is 0. The highest BCUT2D eigenvalue weighted by Gasteiger charge is 2.16. The minimum absolute atomic E-state index is 0.458. The number of fused-ring (bicyclic) bond motifs is 1. The zero-order chi connectivity index (χ0) is 13.3. The van der Waals surface area contributed by atoms with Gasteiger partial charge in [0.05, 0.1) is 5.52 Å². The zero-order valence-electron chi connectivity index (χ0n) is 10.4. The highest BCUT2D eigenvalue weighted by Crippen LogP contribution is 2.22. The molecule has 1 heterocycles. The van der Waals surface area contributed by atoms with Gasteiger partial charge in [-0.15, -0.1) is 0 Å². The third kappa shape index (κ3) is 3.12. The maximum absolute atomic E-state index is 11.6. The lowest BCUT2D eigenvalue weighted by atomic mass is 10.2. The summed E-state index contributed by atoms with van der Waals surface area (Å²) >= 11 is 2.14. The topological polar surface area (TPSA) is 67.0 Å². The van der Waals surface area contributed by atoms with Crippen molar-refractivity contribution >= 4 is 45.3 Å². The molecule has 0 atom stereocenters. The molecule has 0 fully saturated rings. The first-order valence-electron chi connectivity index (χ1n) is 5.49. The van der Waals surface area contributed by atoms with Crippen molar-refractivity contribution in [2.75, 3.05) is 5.32 Å². The van der Waals surface area contributed by atoms with Crippen molar-refractivity contribution in [2.45, 2.75) is 26.4 Å². The van der Waals surface area contributed by atoms with Crippen LogP contribution in [0.5, 0.6) is 0 Å². The van der Waals surface area contributed by atoms with Crippen LogP contribution >= 0.6 is 22.6 Å². The number of carbonyl (C=O) groups is 1. The Labute approximate surface area is 118 Å². The Balaban J connectivity index is 2.17. The number of nitrogens with zero attached hydrogens (tertiary/aromatic N) is 1. The largest absolute Gasteiger partial charge is 0.444 e. The van der Waals surface area contributed by atoms with Gasteiger partial charge >= 0.3 is 6.09 Å². The monoisotopic (exact) mass is 359 g/mol. The number of halogens is 1. The normalized spacial score (nSPS) is 11.6. The number of ether oxygens (including phenoxy) is 1. The summed E-state index contributed by atoms with van der Waals surface area (Å²) in [6, 6.07) is 5.54. The predicted octanol–water partition coefficient (Wildman–Crippen LogP) is 3.51. The number of nitrogens with one attached hydrogen (secondary N) is 2. The average Bonchev–Trinajstić information content (AvgIpc) is 2.57. The van der Waals surface area contributed by atoms with Gasteiger partial charge in [-0.2, -0.15) is 5.10 Å². The molecule has 0 bridgehead atoms. The molecule has 0 spiro atoms. The third-order valence-corrected chi connectivity index (χ3v) is 2.98. The molecule has 96 valence electrons. The number of anilines is 1. The van der Waals surface area contributed by atoms with E-state index in [0.717, 1.165) is 14.6 Å². The van der Waals surface area contributed by atoms with Crippen LogP contribution in [-0.2, 0) is 4.74 Å². The highest BCUT2D eigenvalue weighted by molar-refractivity contribution is 14.1. The van der Waals surface area contributed by atoms with E-state index in [1.807, 2.05) is 32.9 Å². The second kappa shape index (κ2) is 4.75. The Kier molecular flexibility index (Phi) is 3.47. The maximum atomic E-state index is 11.6. The fourth-order valence-electron chi connectivity index (χ4n) is 1.48. The van der Waals surface area contributed by atoms with Crippen molar-refractivity contribution < 1.29 is 9.53 Å². The van der Waals surface area contributed by atoms with Crippen LogP contribution in [0.4, 0.5) is 10.5 Å².